The minimum Gasteiger partial charge on any atom is -0.506 e. The summed E-state index contributed by atoms with van der Waals surface area (Å²) in [5.41, 5.74) is 1.87. The molecule has 0 aromatic heterocycles. The number of ether oxygens (including phenoxy) is 1. The minimum atomic E-state index is 0.306. The van der Waals surface area contributed by atoms with Crippen LogP contribution in [-0.4, -0.2) is 24.4 Å². The SMILES string of the molecule is Cc1cccc(O)c1NCC1CO1. The molecule has 1 unspecified atom stereocenters. The maximum atomic E-state index is 9.52. The van der Waals surface area contributed by atoms with Crippen molar-refractivity contribution in [1.29, 1.82) is 0 Å². The van der Waals surface area contributed by atoms with Crippen LogP contribution in [0.1, 0.15) is 5.56 Å². The number of nitrogens with one attached hydrogen (secondary N) is 1. The second-order valence-electron chi connectivity index (χ2n) is 3.31. The number of aryl methyl sites for hydroxylation is 1. The maximum absolute atomic E-state index is 9.52. The summed E-state index contributed by atoms with van der Waals surface area (Å²) >= 11 is 0. The Morgan fingerprint density at radius 3 is 3.00 bits per heavy atom. The van der Waals surface area contributed by atoms with Gasteiger partial charge in [0.05, 0.1) is 18.4 Å². The molecule has 2 N–H and O–H groups in total. The van der Waals surface area contributed by atoms with E-state index in [1.165, 1.54) is 0 Å². The highest BCUT2D eigenvalue weighted by Crippen LogP contribution is 2.26. The van der Waals surface area contributed by atoms with Gasteiger partial charge in [0, 0.05) is 6.54 Å². The number of para-hydroxylation sites is 1. The van der Waals surface area contributed by atoms with Gasteiger partial charge in [0.25, 0.3) is 0 Å². The molecular weight excluding hydrogens is 166 g/mol. The maximum Gasteiger partial charge on any atom is 0.138 e. The molecule has 0 aliphatic carbocycles. The van der Waals surface area contributed by atoms with Crippen molar-refractivity contribution in [2.75, 3.05) is 18.5 Å². The lowest BCUT2D eigenvalue weighted by Crippen LogP contribution is -2.08. The van der Waals surface area contributed by atoms with E-state index in [0.29, 0.717) is 11.9 Å². The fourth-order valence-corrected chi connectivity index (χ4v) is 1.28. The normalized spacial score (nSPS) is 19.9. The summed E-state index contributed by atoms with van der Waals surface area (Å²) < 4.78 is 5.07. The fourth-order valence-electron chi connectivity index (χ4n) is 1.28. The molecule has 1 atom stereocenters. The van der Waals surface area contributed by atoms with Crippen LogP contribution >= 0.6 is 0 Å². The number of epoxide rings is 1. The number of phenols is 1. The lowest BCUT2D eigenvalue weighted by atomic mass is 10.2. The Labute approximate surface area is 77.3 Å². The first-order valence-corrected chi connectivity index (χ1v) is 4.41. The Hall–Kier alpha value is -1.22. The van der Waals surface area contributed by atoms with E-state index in [4.69, 9.17) is 4.74 Å². The Balaban J connectivity index is 2.07. The molecule has 0 bridgehead atoms. The van der Waals surface area contributed by atoms with Gasteiger partial charge in [0.1, 0.15) is 5.75 Å². The molecular formula is C10H13NO2. The highest BCUT2D eigenvalue weighted by molar-refractivity contribution is 5.60. The average Bonchev–Trinajstić information content (AvgIpc) is 2.87. The summed E-state index contributed by atoms with van der Waals surface area (Å²) in [6.07, 6.45) is 0.332. The van der Waals surface area contributed by atoms with E-state index in [1.807, 2.05) is 19.1 Å². The van der Waals surface area contributed by atoms with Crippen LogP contribution in [0.3, 0.4) is 0 Å². The summed E-state index contributed by atoms with van der Waals surface area (Å²) in [5.74, 6) is 0.306. The first-order valence-electron chi connectivity index (χ1n) is 4.41. The van der Waals surface area contributed by atoms with Crippen LogP contribution in [0.15, 0.2) is 18.2 Å². The third-order valence-electron chi connectivity index (χ3n) is 2.16. The second kappa shape index (κ2) is 3.26. The topological polar surface area (TPSA) is 44.8 Å². The number of phenolic OH excluding ortho intramolecular Hbond substituents is 1. The van der Waals surface area contributed by atoms with Crippen LogP contribution in [0.2, 0.25) is 0 Å². The third kappa shape index (κ3) is 1.92. The summed E-state index contributed by atoms with van der Waals surface area (Å²) in [6, 6.07) is 5.49. The van der Waals surface area contributed by atoms with E-state index in [1.54, 1.807) is 6.07 Å². The second-order valence-corrected chi connectivity index (χ2v) is 3.31. The quantitative estimate of drug-likeness (QED) is 0.546. The van der Waals surface area contributed by atoms with Crippen molar-refractivity contribution in [2.24, 2.45) is 0 Å². The molecule has 3 heteroatoms. The van der Waals surface area contributed by atoms with Crippen LogP contribution in [-0.2, 0) is 4.74 Å². The first kappa shape index (κ1) is 8.38. The molecule has 1 saturated heterocycles. The largest absolute Gasteiger partial charge is 0.506 e. The van der Waals surface area contributed by atoms with Crippen LogP contribution in [0.4, 0.5) is 5.69 Å². The molecule has 0 amide bonds. The highest BCUT2D eigenvalue weighted by Gasteiger charge is 2.22. The molecule has 1 heterocycles. The van der Waals surface area contributed by atoms with Gasteiger partial charge in [0.2, 0.25) is 0 Å². The van der Waals surface area contributed by atoms with Crippen LogP contribution in [0.5, 0.6) is 5.75 Å². The molecule has 1 aliphatic rings. The number of hydrogen-bond donors (Lipinski definition) is 2. The Kier molecular flexibility index (Phi) is 2.10. The first-order chi connectivity index (χ1) is 6.27. The van der Waals surface area contributed by atoms with E-state index in [0.717, 1.165) is 24.4 Å². The van der Waals surface area contributed by atoms with Gasteiger partial charge in [-0.3, -0.25) is 0 Å². The molecule has 1 fully saturated rings. The Bertz CT molecular complexity index is 288. The smallest absolute Gasteiger partial charge is 0.138 e. The van der Waals surface area contributed by atoms with Gasteiger partial charge in [0.15, 0.2) is 0 Å². The zero-order valence-electron chi connectivity index (χ0n) is 7.58. The van der Waals surface area contributed by atoms with Crippen molar-refractivity contribution in [3.8, 4) is 5.75 Å². The predicted molar refractivity (Wildman–Crippen MR) is 51.1 cm³/mol. The van der Waals surface area contributed by atoms with Gasteiger partial charge in [-0.25, -0.2) is 0 Å². The van der Waals surface area contributed by atoms with Crippen molar-refractivity contribution in [3.05, 3.63) is 23.8 Å². The summed E-state index contributed by atoms with van der Waals surface area (Å²) in [6.45, 7) is 3.58. The zero-order chi connectivity index (χ0) is 9.26. The summed E-state index contributed by atoms with van der Waals surface area (Å²) in [5, 5.41) is 12.7. The molecule has 70 valence electrons. The number of benzene rings is 1. The van der Waals surface area contributed by atoms with Gasteiger partial charge in [-0.05, 0) is 18.6 Å². The monoisotopic (exact) mass is 179 g/mol. The third-order valence-corrected chi connectivity index (χ3v) is 2.16. The number of hydrogen-bond acceptors (Lipinski definition) is 3. The van der Waals surface area contributed by atoms with E-state index < -0.39 is 0 Å². The molecule has 13 heavy (non-hydrogen) atoms. The molecule has 1 aliphatic heterocycles. The molecule has 0 spiro atoms. The number of anilines is 1. The zero-order valence-corrected chi connectivity index (χ0v) is 7.58. The molecule has 3 nitrogen and oxygen atoms in total. The molecule has 1 aromatic rings. The van der Waals surface area contributed by atoms with Crippen molar-refractivity contribution >= 4 is 5.69 Å². The minimum absolute atomic E-state index is 0.306. The Morgan fingerprint density at radius 2 is 2.38 bits per heavy atom. The van der Waals surface area contributed by atoms with Crippen molar-refractivity contribution < 1.29 is 9.84 Å². The Morgan fingerprint density at radius 1 is 1.62 bits per heavy atom. The standard InChI is InChI=1S/C10H13NO2/c1-7-3-2-4-9(12)10(7)11-5-8-6-13-8/h2-4,8,11-12H,5-6H2,1H3. The van der Waals surface area contributed by atoms with Crippen LogP contribution < -0.4 is 5.32 Å². The van der Waals surface area contributed by atoms with E-state index >= 15 is 0 Å². The molecule has 1 aromatic carbocycles. The summed E-state index contributed by atoms with van der Waals surface area (Å²) in [7, 11) is 0. The van der Waals surface area contributed by atoms with E-state index in [-0.39, 0.29) is 0 Å². The van der Waals surface area contributed by atoms with Crippen LogP contribution in [0.25, 0.3) is 0 Å². The highest BCUT2D eigenvalue weighted by atomic mass is 16.6. The molecule has 0 saturated carbocycles. The van der Waals surface area contributed by atoms with Gasteiger partial charge >= 0.3 is 0 Å². The fraction of sp³-hybridized carbons (Fsp3) is 0.400. The average molecular weight is 179 g/mol. The van der Waals surface area contributed by atoms with Gasteiger partial charge in [-0.2, -0.15) is 0 Å². The van der Waals surface area contributed by atoms with Crippen molar-refractivity contribution in [2.45, 2.75) is 13.0 Å². The van der Waals surface area contributed by atoms with Gasteiger partial charge in [-0.15, -0.1) is 0 Å². The van der Waals surface area contributed by atoms with Gasteiger partial charge in [-0.1, -0.05) is 12.1 Å². The molecule has 2 rings (SSSR count). The lowest BCUT2D eigenvalue weighted by Gasteiger charge is -2.09. The predicted octanol–water partition coefficient (Wildman–Crippen LogP) is 1.51. The van der Waals surface area contributed by atoms with E-state index in [2.05, 4.69) is 5.32 Å². The van der Waals surface area contributed by atoms with Crippen molar-refractivity contribution in [1.82, 2.24) is 0 Å². The summed E-state index contributed by atoms with van der Waals surface area (Å²) in [4.78, 5) is 0. The van der Waals surface area contributed by atoms with Crippen LogP contribution in [0, 0.1) is 6.92 Å². The van der Waals surface area contributed by atoms with E-state index in [9.17, 15) is 5.11 Å². The van der Waals surface area contributed by atoms with Crippen molar-refractivity contribution in [3.63, 3.8) is 0 Å². The van der Waals surface area contributed by atoms with Gasteiger partial charge < -0.3 is 15.2 Å². The lowest BCUT2D eigenvalue weighted by molar-refractivity contribution is 0.416. The number of aromatic hydroxyl groups is 1. The molecule has 0 radical (unpaired) electrons. The number of rotatable bonds is 3.